The number of carbonyl (C=O) groups is 3. The molecule has 31 heavy (non-hydrogen) atoms. The van der Waals surface area contributed by atoms with E-state index in [1.807, 2.05) is 6.07 Å². The Morgan fingerprint density at radius 1 is 1.13 bits per heavy atom. The summed E-state index contributed by atoms with van der Waals surface area (Å²) in [4.78, 5) is 47.3. The number of anilines is 2. The lowest BCUT2D eigenvalue weighted by Gasteiger charge is -2.27. The molecule has 2 aromatic rings. The largest absolute Gasteiger partial charge is 0.332 e. The van der Waals surface area contributed by atoms with Gasteiger partial charge in [-0.2, -0.15) is 0 Å². The monoisotopic (exact) mass is 440 g/mol. The second-order valence-corrected chi connectivity index (χ2v) is 9.63. The van der Waals surface area contributed by atoms with E-state index in [-0.39, 0.29) is 23.8 Å². The molecule has 0 aliphatic carbocycles. The Morgan fingerprint density at radius 2 is 1.84 bits per heavy atom. The Hall–Kier alpha value is -2.93. The van der Waals surface area contributed by atoms with E-state index >= 15 is 0 Å². The lowest BCUT2D eigenvalue weighted by molar-refractivity contribution is -0.123. The van der Waals surface area contributed by atoms with Crippen LogP contribution in [0.2, 0.25) is 5.15 Å². The van der Waals surface area contributed by atoms with Crippen molar-refractivity contribution in [3.05, 3.63) is 52.8 Å². The van der Waals surface area contributed by atoms with Crippen molar-refractivity contribution in [2.45, 2.75) is 52.1 Å². The molecule has 162 valence electrons. The normalized spacial score (nSPS) is 19.2. The van der Waals surface area contributed by atoms with E-state index in [1.165, 1.54) is 16.7 Å². The van der Waals surface area contributed by atoms with Crippen molar-refractivity contribution in [1.29, 1.82) is 0 Å². The fourth-order valence-electron chi connectivity index (χ4n) is 4.35. The zero-order valence-electron chi connectivity index (χ0n) is 18.3. The summed E-state index contributed by atoms with van der Waals surface area (Å²) in [5.41, 5.74) is 1.77. The molecular formula is C23H25ClN4O3. The number of hydrogen-bond acceptors (Lipinski definition) is 4. The van der Waals surface area contributed by atoms with Crippen LogP contribution in [0.5, 0.6) is 0 Å². The van der Waals surface area contributed by atoms with E-state index in [0.717, 1.165) is 16.8 Å². The standard InChI is InChI=1S/C23H25ClN4O3/c1-14(29)26-13-22(2,3)17-7-6-16(11-18(17)26)28-20(30)23(4,5)27(21(28)31)12-15-8-9-25-19(24)10-15/h6-11H,12-13H2,1-5H3. The molecule has 2 aliphatic heterocycles. The number of benzene rings is 1. The molecule has 4 amide bonds. The molecule has 0 radical (unpaired) electrons. The number of halogens is 1. The molecule has 1 aromatic carbocycles. The molecule has 0 bridgehead atoms. The van der Waals surface area contributed by atoms with E-state index in [1.54, 1.807) is 49.2 Å². The Labute approximate surface area is 186 Å². The molecule has 0 unspecified atom stereocenters. The molecule has 3 heterocycles. The third-order valence-corrected chi connectivity index (χ3v) is 6.35. The van der Waals surface area contributed by atoms with Gasteiger partial charge in [-0.15, -0.1) is 0 Å². The highest BCUT2D eigenvalue weighted by Crippen LogP contribution is 2.43. The lowest BCUT2D eigenvalue weighted by atomic mass is 9.87. The van der Waals surface area contributed by atoms with E-state index in [4.69, 9.17) is 11.6 Å². The quantitative estimate of drug-likeness (QED) is 0.531. The van der Waals surface area contributed by atoms with Gasteiger partial charge < -0.3 is 9.80 Å². The molecule has 1 aromatic heterocycles. The second kappa shape index (κ2) is 7.05. The fourth-order valence-corrected chi connectivity index (χ4v) is 4.55. The van der Waals surface area contributed by atoms with Crippen molar-refractivity contribution in [2.75, 3.05) is 16.3 Å². The summed E-state index contributed by atoms with van der Waals surface area (Å²) < 4.78 is 0. The van der Waals surface area contributed by atoms with Crippen LogP contribution in [0.4, 0.5) is 16.2 Å². The number of hydrogen-bond donors (Lipinski definition) is 0. The third-order valence-electron chi connectivity index (χ3n) is 6.15. The first-order valence-corrected chi connectivity index (χ1v) is 10.5. The fraction of sp³-hybridized carbons (Fsp3) is 0.391. The molecular weight excluding hydrogens is 416 g/mol. The number of fused-ring (bicyclic) bond motifs is 1. The first-order chi connectivity index (χ1) is 14.4. The van der Waals surface area contributed by atoms with Crippen molar-refractivity contribution in [3.8, 4) is 0 Å². The number of nitrogens with zero attached hydrogens (tertiary/aromatic N) is 4. The minimum absolute atomic E-state index is 0.0698. The molecule has 8 heteroatoms. The number of rotatable bonds is 3. The first kappa shape index (κ1) is 21.3. The summed E-state index contributed by atoms with van der Waals surface area (Å²) in [6.07, 6.45) is 1.57. The van der Waals surface area contributed by atoms with Crippen LogP contribution in [0.15, 0.2) is 36.5 Å². The summed E-state index contributed by atoms with van der Waals surface area (Å²) in [5.74, 6) is -0.385. The van der Waals surface area contributed by atoms with Gasteiger partial charge >= 0.3 is 6.03 Å². The van der Waals surface area contributed by atoms with Crippen molar-refractivity contribution in [2.24, 2.45) is 0 Å². The van der Waals surface area contributed by atoms with Crippen molar-refractivity contribution < 1.29 is 14.4 Å². The number of carbonyl (C=O) groups excluding carboxylic acids is 3. The maximum absolute atomic E-state index is 13.4. The van der Waals surface area contributed by atoms with Crippen molar-refractivity contribution in [3.63, 3.8) is 0 Å². The third kappa shape index (κ3) is 3.37. The highest BCUT2D eigenvalue weighted by Gasteiger charge is 2.52. The minimum atomic E-state index is -1.04. The molecule has 1 fully saturated rings. The van der Waals surface area contributed by atoms with E-state index in [0.29, 0.717) is 17.4 Å². The Balaban J connectivity index is 1.72. The van der Waals surface area contributed by atoms with E-state index in [2.05, 4.69) is 18.8 Å². The second-order valence-electron chi connectivity index (χ2n) is 9.25. The SMILES string of the molecule is CC(=O)N1CC(C)(C)c2ccc(N3C(=O)N(Cc4ccnc(Cl)c4)C(C)(C)C3=O)cc21. The summed E-state index contributed by atoms with van der Waals surface area (Å²) in [7, 11) is 0. The predicted molar refractivity (Wildman–Crippen MR) is 119 cm³/mol. The number of amides is 4. The molecule has 2 aliphatic rings. The number of imide groups is 1. The smallest absolute Gasteiger partial charge is 0.311 e. The Kier molecular flexibility index (Phi) is 4.85. The van der Waals surface area contributed by atoms with Crippen LogP contribution in [0.25, 0.3) is 0 Å². The average Bonchev–Trinajstić information content (AvgIpc) is 3.05. The van der Waals surface area contributed by atoms with Gasteiger partial charge in [0.05, 0.1) is 5.69 Å². The zero-order chi connectivity index (χ0) is 22.7. The van der Waals surface area contributed by atoms with Gasteiger partial charge in [-0.05, 0) is 49.2 Å². The Morgan fingerprint density at radius 3 is 2.48 bits per heavy atom. The van der Waals surface area contributed by atoms with Gasteiger partial charge in [0.2, 0.25) is 5.91 Å². The van der Waals surface area contributed by atoms with Crippen LogP contribution in [-0.4, -0.2) is 39.8 Å². The molecule has 1 saturated heterocycles. The lowest BCUT2D eigenvalue weighted by Crippen LogP contribution is -2.43. The highest BCUT2D eigenvalue weighted by molar-refractivity contribution is 6.29. The van der Waals surface area contributed by atoms with Crippen molar-refractivity contribution >= 4 is 40.8 Å². The van der Waals surface area contributed by atoms with Gasteiger partial charge in [-0.25, -0.2) is 14.7 Å². The summed E-state index contributed by atoms with van der Waals surface area (Å²) in [6, 6.07) is 8.50. The van der Waals surface area contributed by atoms with E-state index in [9.17, 15) is 14.4 Å². The molecule has 7 nitrogen and oxygen atoms in total. The molecule has 0 atom stereocenters. The summed E-state index contributed by atoms with van der Waals surface area (Å²) >= 11 is 5.98. The van der Waals surface area contributed by atoms with Crippen LogP contribution < -0.4 is 9.80 Å². The topological polar surface area (TPSA) is 73.8 Å². The molecule has 4 rings (SSSR count). The minimum Gasteiger partial charge on any atom is -0.311 e. The maximum atomic E-state index is 13.4. The van der Waals surface area contributed by atoms with Crippen LogP contribution in [0, 0.1) is 0 Å². The van der Waals surface area contributed by atoms with Crippen LogP contribution in [0.3, 0.4) is 0 Å². The average molecular weight is 441 g/mol. The number of pyridine rings is 1. The molecule has 0 saturated carbocycles. The van der Waals surface area contributed by atoms with Gasteiger partial charge in [0.25, 0.3) is 5.91 Å². The molecule has 0 spiro atoms. The number of aromatic nitrogens is 1. The zero-order valence-corrected chi connectivity index (χ0v) is 19.0. The van der Waals surface area contributed by atoms with Gasteiger partial charge in [-0.1, -0.05) is 31.5 Å². The molecule has 0 N–H and O–H groups in total. The van der Waals surface area contributed by atoms with Gasteiger partial charge in [-0.3, -0.25) is 9.59 Å². The van der Waals surface area contributed by atoms with Crippen LogP contribution in [-0.2, 0) is 21.5 Å². The van der Waals surface area contributed by atoms with Crippen LogP contribution in [0.1, 0.15) is 45.7 Å². The predicted octanol–water partition coefficient (Wildman–Crippen LogP) is 4.13. The first-order valence-electron chi connectivity index (χ1n) is 10.1. The van der Waals surface area contributed by atoms with Crippen molar-refractivity contribution in [1.82, 2.24) is 9.88 Å². The maximum Gasteiger partial charge on any atom is 0.332 e. The Bertz CT molecular complexity index is 1110. The summed E-state index contributed by atoms with van der Waals surface area (Å²) in [5, 5.41) is 0.329. The van der Waals surface area contributed by atoms with E-state index < -0.39 is 11.6 Å². The van der Waals surface area contributed by atoms with Gasteiger partial charge in [0.15, 0.2) is 0 Å². The summed E-state index contributed by atoms with van der Waals surface area (Å²) in [6.45, 7) is 9.92. The van der Waals surface area contributed by atoms with Crippen LogP contribution >= 0.6 is 11.6 Å². The van der Waals surface area contributed by atoms with Gasteiger partial charge in [0.1, 0.15) is 10.7 Å². The van der Waals surface area contributed by atoms with Gasteiger partial charge in [0, 0.05) is 37.3 Å². The highest BCUT2D eigenvalue weighted by atomic mass is 35.5. The number of urea groups is 1.